The lowest BCUT2D eigenvalue weighted by Gasteiger charge is -2.22. The van der Waals surface area contributed by atoms with Crippen molar-refractivity contribution in [3.05, 3.63) is 70.7 Å². The summed E-state index contributed by atoms with van der Waals surface area (Å²) in [4.78, 5) is 26.6. The second kappa shape index (κ2) is 9.59. The van der Waals surface area contributed by atoms with E-state index in [4.69, 9.17) is 16.9 Å². The number of amides is 2. The van der Waals surface area contributed by atoms with Gasteiger partial charge in [0.15, 0.2) is 0 Å². The van der Waals surface area contributed by atoms with Gasteiger partial charge < -0.3 is 10.2 Å². The fourth-order valence-electron chi connectivity index (χ4n) is 2.49. The van der Waals surface area contributed by atoms with Crippen LogP contribution in [0.4, 0.5) is 0 Å². The number of nitriles is 1. The van der Waals surface area contributed by atoms with Crippen LogP contribution in [0.1, 0.15) is 34.8 Å². The lowest BCUT2D eigenvalue weighted by atomic mass is 10.0. The van der Waals surface area contributed by atoms with Crippen LogP contribution in [-0.2, 0) is 4.79 Å². The van der Waals surface area contributed by atoms with Gasteiger partial charge in [0.05, 0.1) is 35.5 Å². The zero-order valence-corrected chi connectivity index (χ0v) is 15.2. The average Bonchev–Trinajstić information content (AvgIpc) is 2.66. The van der Waals surface area contributed by atoms with E-state index in [1.807, 2.05) is 36.4 Å². The van der Waals surface area contributed by atoms with Crippen molar-refractivity contribution in [3.63, 3.8) is 0 Å². The van der Waals surface area contributed by atoms with E-state index in [2.05, 4.69) is 5.32 Å². The van der Waals surface area contributed by atoms with E-state index >= 15 is 0 Å². The number of nitrogens with zero attached hydrogens (tertiary/aromatic N) is 2. The molecule has 0 aliphatic heterocycles. The van der Waals surface area contributed by atoms with E-state index in [1.54, 1.807) is 31.3 Å². The summed E-state index contributed by atoms with van der Waals surface area (Å²) in [7, 11) is 1.65. The number of benzene rings is 2. The molecule has 0 spiro atoms. The zero-order valence-electron chi connectivity index (χ0n) is 14.5. The van der Waals surface area contributed by atoms with Gasteiger partial charge in [0.2, 0.25) is 5.91 Å². The first-order chi connectivity index (χ1) is 12.5. The molecule has 0 aromatic heterocycles. The Bertz CT molecular complexity index is 802. The highest BCUT2D eigenvalue weighted by molar-refractivity contribution is 6.33. The predicted octanol–water partition coefficient (Wildman–Crippen LogP) is 3.57. The molecule has 1 N–H and O–H groups in total. The van der Waals surface area contributed by atoms with Crippen LogP contribution >= 0.6 is 11.6 Å². The highest BCUT2D eigenvalue weighted by Crippen LogP contribution is 2.21. The van der Waals surface area contributed by atoms with Gasteiger partial charge in [0.1, 0.15) is 0 Å². The number of nitrogens with one attached hydrogen (secondary N) is 1. The van der Waals surface area contributed by atoms with E-state index < -0.39 is 6.04 Å². The molecule has 134 valence electrons. The van der Waals surface area contributed by atoms with Crippen molar-refractivity contribution >= 4 is 23.4 Å². The largest absolute Gasteiger partial charge is 0.345 e. The molecule has 0 aliphatic rings. The molecule has 6 heteroatoms. The van der Waals surface area contributed by atoms with E-state index in [9.17, 15) is 9.59 Å². The summed E-state index contributed by atoms with van der Waals surface area (Å²) in [5.74, 6) is -0.481. The van der Waals surface area contributed by atoms with E-state index in [0.717, 1.165) is 5.56 Å². The summed E-state index contributed by atoms with van der Waals surface area (Å²) < 4.78 is 0. The number of carbonyl (C=O) groups is 2. The Morgan fingerprint density at radius 3 is 2.46 bits per heavy atom. The van der Waals surface area contributed by atoms with Crippen molar-refractivity contribution in [1.82, 2.24) is 10.2 Å². The van der Waals surface area contributed by atoms with Gasteiger partial charge in [0.25, 0.3) is 5.91 Å². The number of hydrogen-bond acceptors (Lipinski definition) is 3. The summed E-state index contributed by atoms with van der Waals surface area (Å²) >= 11 is 6.10. The minimum Gasteiger partial charge on any atom is -0.345 e. The standard InChI is InChI=1S/C20H20ClN3O2/c1-24(13-7-12-22)19(25)14-18(15-8-3-2-4-9-15)23-20(26)16-10-5-6-11-17(16)21/h2-6,8-11,18H,7,13-14H2,1H3,(H,23,26). The summed E-state index contributed by atoms with van der Waals surface area (Å²) in [6.45, 7) is 0.356. The van der Waals surface area contributed by atoms with Crippen LogP contribution < -0.4 is 5.32 Å². The molecule has 2 aromatic carbocycles. The van der Waals surface area contributed by atoms with Crippen molar-refractivity contribution in [2.45, 2.75) is 18.9 Å². The number of rotatable bonds is 7. The molecule has 5 nitrogen and oxygen atoms in total. The third-order valence-corrected chi connectivity index (χ3v) is 4.32. The molecule has 2 aromatic rings. The molecule has 1 unspecified atom stereocenters. The summed E-state index contributed by atoms with van der Waals surface area (Å²) in [5, 5.41) is 11.9. The van der Waals surface area contributed by atoms with Gasteiger partial charge in [-0.05, 0) is 17.7 Å². The number of hydrogen-bond donors (Lipinski definition) is 1. The van der Waals surface area contributed by atoms with Crippen molar-refractivity contribution in [2.24, 2.45) is 0 Å². The molecular weight excluding hydrogens is 350 g/mol. The third kappa shape index (κ3) is 5.33. The van der Waals surface area contributed by atoms with Gasteiger partial charge >= 0.3 is 0 Å². The zero-order chi connectivity index (χ0) is 18.9. The molecule has 2 rings (SSSR count). The smallest absolute Gasteiger partial charge is 0.253 e. The van der Waals surface area contributed by atoms with E-state index in [1.165, 1.54) is 4.90 Å². The van der Waals surface area contributed by atoms with Gasteiger partial charge in [-0.25, -0.2) is 0 Å². The van der Waals surface area contributed by atoms with Crippen molar-refractivity contribution in [1.29, 1.82) is 5.26 Å². The molecule has 0 radical (unpaired) electrons. The van der Waals surface area contributed by atoms with Crippen LogP contribution in [-0.4, -0.2) is 30.3 Å². The van der Waals surface area contributed by atoms with Crippen LogP contribution in [0.2, 0.25) is 5.02 Å². The van der Waals surface area contributed by atoms with Crippen molar-refractivity contribution < 1.29 is 9.59 Å². The van der Waals surface area contributed by atoms with Crippen molar-refractivity contribution in [2.75, 3.05) is 13.6 Å². The lowest BCUT2D eigenvalue weighted by Crippen LogP contribution is -2.35. The Morgan fingerprint density at radius 1 is 1.15 bits per heavy atom. The van der Waals surface area contributed by atoms with Crippen LogP contribution in [0.25, 0.3) is 0 Å². The van der Waals surface area contributed by atoms with Gasteiger partial charge in [-0.1, -0.05) is 54.1 Å². The van der Waals surface area contributed by atoms with Gasteiger partial charge in [-0.2, -0.15) is 5.26 Å². The van der Waals surface area contributed by atoms with E-state index in [-0.39, 0.29) is 24.7 Å². The molecule has 0 fully saturated rings. The second-order valence-electron chi connectivity index (χ2n) is 5.84. The first-order valence-corrected chi connectivity index (χ1v) is 8.62. The maximum Gasteiger partial charge on any atom is 0.253 e. The third-order valence-electron chi connectivity index (χ3n) is 3.99. The Kier molecular flexibility index (Phi) is 7.19. The fourth-order valence-corrected chi connectivity index (χ4v) is 2.71. The second-order valence-corrected chi connectivity index (χ2v) is 6.25. The Morgan fingerprint density at radius 2 is 1.81 bits per heavy atom. The monoisotopic (exact) mass is 369 g/mol. The quantitative estimate of drug-likeness (QED) is 0.810. The molecule has 0 saturated heterocycles. The van der Waals surface area contributed by atoms with Gasteiger partial charge in [-0.15, -0.1) is 0 Å². The molecular formula is C20H20ClN3O2. The Balaban J connectivity index is 2.17. The minimum absolute atomic E-state index is 0.0993. The minimum atomic E-state index is -0.489. The normalized spacial score (nSPS) is 11.3. The average molecular weight is 370 g/mol. The Labute approximate surface area is 158 Å². The highest BCUT2D eigenvalue weighted by Gasteiger charge is 2.22. The molecule has 0 heterocycles. The molecule has 26 heavy (non-hydrogen) atoms. The number of halogens is 1. The molecule has 0 saturated carbocycles. The maximum absolute atomic E-state index is 12.6. The summed E-state index contributed by atoms with van der Waals surface area (Å²) in [5.41, 5.74) is 1.19. The summed E-state index contributed by atoms with van der Waals surface area (Å²) in [6, 6.07) is 17.6. The maximum atomic E-state index is 12.6. The van der Waals surface area contributed by atoms with Crippen LogP contribution in [0.5, 0.6) is 0 Å². The van der Waals surface area contributed by atoms with Gasteiger partial charge in [0, 0.05) is 13.6 Å². The predicted molar refractivity (Wildman–Crippen MR) is 101 cm³/mol. The molecule has 0 aliphatic carbocycles. The molecule has 2 amide bonds. The number of carbonyl (C=O) groups excluding carboxylic acids is 2. The van der Waals surface area contributed by atoms with E-state index in [0.29, 0.717) is 17.1 Å². The van der Waals surface area contributed by atoms with Crippen LogP contribution in [0, 0.1) is 11.3 Å². The SMILES string of the molecule is CN(CCC#N)C(=O)CC(NC(=O)c1ccccc1Cl)c1ccccc1. The topological polar surface area (TPSA) is 73.2 Å². The molecule has 0 bridgehead atoms. The highest BCUT2D eigenvalue weighted by atomic mass is 35.5. The molecule has 1 atom stereocenters. The first-order valence-electron chi connectivity index (χ1n) is 8.24. The fraction of sp³-hybridized carbons (Fsp3) is 0.250. The van der Waals surface area contributed by atoms with Crippen LogP contribution in [0.3, 0.4) is 0 Å². The lowest BCUT2D eigenvalue weighted by molar-refractivity contribution is -0.130. The van der Waals surface area contributed by atoms with Gasteiger partial charge in [-0.3, -0.25) is 9.59 Å². The Hall–Kier alpha value is -2.84. The first kappa shape index (κ1) is 19.5. The van der Waals surface area contributed by atoms with Crippen LogP contribution in [0.15, 0.2) is 54.6 Å². The summed E-state index contributed by atoms with van der Waals surface area (Å²) in [6.07, 6.45) is 0.367. The van der Waals surface area contributed by atoms with Crippen molar-refractivity contribution in [3.8, 4) is 6.07 Å².